The number of piperidine rings is 1. The van der Waals surface area contributed by atoms with Gasteiger partial charge in [0, 0.05) is 24.3 Å². The van der Waals surface area contributed by atoms with E-state index in [0.717, 1.165) is 37.2 Å². The van der Waals surface area contributed by atoms with Crippen LogP contribution in [0.5, 0.6) is 0 Å². The minimum atomic E-state index is -0.469. The first-order valence-corrected chi connectivity index (χ1v) is 8.65. The molecule has 1 N–H and O–H groups in total. The van der Waals surface area contributed by atoms with Gasteiger partial charge in [0.1, 0.15) is 11.4 Å². The normalized spacial score (nSPS) is 21.9. The van der Waals surface area contributed by atoms with Crippen LogP contribution in [0.15, 0.2) is 18.3 Å². The lowest BCUT2D eigenvalue weighted by atomic mass is 9.96. The SMILES string of the molecule is CC(C)(C)OC(=O)N1CCCC[C@H]1c1cccnc1NC1CC1. The molecule has 1 aromatic rings. The van der Waals surface area contributed by atoms with Gasteiger partial charge in [-0.3, -0.25) is 0 Å². The maximum atomic E-state index is 12.6. The largest absolute Gasteiger partial charge is 0.444 e. The Morgan fingerprint density at radius 3 is 2.78 bits per heavy atom. The second-order valence-corrected chi connectivity index (χ2v) is 7.55. The third-order valence-electron chi connectivity index (χ3n) is 4.25. The summed E-state index contributed by atoms with van der Waals surface area (Å²) in [6.07, 6.45) is 7.12. The van der Waals surface area contributed by atoms with Gasteiger partial charge in [-0.25, -0.2) is 9.78 Å². The molecule has 126 valence electrons. The second kappa shape index (κ2) is 6.38. The van der Waals surface area contributed by atoms with E-state index in [0.29, 0.717) is 6.04 Å². The smallest absolute Gasteiger partial charge is 0.410 e. The second-order valence-electron chi connectivity index (χ2n) is 7.55. The van der Waals surface area contributed by atoms with Crippen LogP contribution >= 0.6 is 0 Å². The molecule has 1 aromatic heterocycles. The van der Waals surface area contributed by atoms with Gasteiger partial charge < -0.3 is 15.0 Å². The Morgan fingerprint density at radius 2 is 2.09 bits per heavy atom. The van der Waals surface area contributed by atoms with Crippen LogP contribution < -0.4 is 5.32 Å². The quantitative estimate of drug-likeness (QED) is 0.911. The lowest BCUT2D eigenvalue weighted by Crippen LogP contribution is -2.42. The lowest BCUT2D eigenvalue weighted by molar-refractivity contribution is 0.00957. The number of nitrogens with zero attached hydrogens (tertiary/aromatic N) is 2. The highest BCUT2D eigenvalue weighted by Crippen LogP contribution is 2.36. The Balaban J connectivity index is 1.82. The highest BCUT2D eigenvalue weighted by Gasteiger charge is 2.33. The number of anilines is 1. The Morgan fingerprint density at radius 1 is 1.30 bits per heavy atom. The molecular weight excluding hydrogens is 290 g/mol. The molecule has 2 aliphatic rings. The zero-order valence-corrected chi connectivity index (χ0v) is 14.3. The van der Waals surface area contributed by atoms with E-state index in [1.807, 2.05) is 37.9 Å². The highest BCUT2D eigenvalue weighted by atomic mass is 16.6. The van der Waals surface area contributed by atoms with Gasteiger partial charge in [-0.1, -0.05) is 6.07 Å². The van der Waals surface area contributed by atoms with E-state index in [4.69, 9.17) is 4.74 Å². The first-order chi connectivity index (χ1) is 10.9. The first kappa shape index (κ1) is 16.1. The van der Waals surface area contributed by atoms with Gasteiger partial charge in [0.15, 0.2) is 0 Å². The summed E-state index contributed by atoms with van der Waals surface area (Å²) < 4.78 is 5.61. The topological polar surface area (TPSA) is 54.5 Å². The fourth-order valence-corrected chi connectivity index (χ4v) is 3.02. The number of aromatic nitrogens is 1. The number of carbonyl (C=O) groups is 1. The van der Waals surface area contributed by atoms with Gasteiger partial charge >= 0.3 is 6.09 Å². The van der Waals surface area contributed by atoms with Crippen LogP contribution in [0.2, 0.25) is 0 Å². The van der Waals surface area contributed by atoms with Gasteiger partial charge in [0.25, 0.3) is 0 Å². The number of rotatable bonds is 3. The standard InChI is InChI=1S/C18H27N3O2/c1-18(2,3)23-17(22)21-12-5-4-8-15(21)14-7-6-11-19-16(14)20-13-9-10-13/h6-7,11,13,15H,4-5,8-10,12H2,1-3H3,(H,19,20)/t15-/m0/s1. The predicted molar refractivity (Wildman–Crippen MR) is 90.4 cm³/mol. The molecule has 5 nitrogen and oxygen atoms in total. The Bertz CT molecular complexity index is 564. The van der Waals surface area contributed by atoms with Crippen molar-refractivity contribution in [2.45, 2.75) is 70.6 Å². The van der Waals surface area contributed by atoms with Crippen molar-refractivity contribution < 1.29 is 9.53 Å². The minimum Gasteiger partial charge on any atom is -0.444 e. The van der Waals surface area contributed by atoms with Crippen LogP contribution in [0, 0.1) is 0 Å². The summed E-state index contributed by atoms with van der Waals surface area (Å²) in [5.74, 6) is 0.926. The van der Waals surface area contributed by atoms with Gasteiger partial charge in [-0.2, -0.15) is 0 Å². The molecule has 1 aliphatic carbocycles. The summed E-state index contributed by atoms with van der Waals surface area (Å²) in [5, 5.41) is 3.50. The third-order valence-corrected chi connectivity index (χ3v) is 4.25. The van der Waals surface area contributed by atoms with Crippen LogP contribution in [0.1, 0.15) is 64.5 Å². The van der Waals surface area contributed by atoms with Crippen molar-refractivity contribution in [1.29, 1.82) is 0 Å². The van der Waals surface area contributed by atoms with E-state index in [-0.39, 0.29) is 12.1 Å². The van der Waals surface area contributed by atoms with Crippen molar-refractivity contribution in [2.24, 2.45) is 0 Å². The van der Waals surface area contributed by atoms with Crippen molar-refractivity contribution >= 4 is 11.9 Å². The Hall–Kier alpha value is -1.78. The number of nitrogens with one attached hydrogen (secondary N) is 1. The summed E-state index contributed by atoms with van der Waals surface area (Å²) in [6, 6.07) is 4.64. The van der Waals surface area contributed by atoms with Crippen molar-refractivity contribution in [3.05, 3.63) is 23.9 Å². The molecule has 23 heavy (non-hydrogen) atoms. The lowest BCUT2D eigenvalue weighted by Gasteiger charge is -2.37. The summed E-state index contributed by atoms with van der Waals surface area (Å²) >= 11 is 0. The molecule has 0 spiro atoms. The van der Waals surface area contributed by atoms with E-state index in [2.05, 4.69) is 16.4 Å². The maximum Gasteiger partial charge on any atom is 0.410 e. The van der Waals surface area contributed by atoms with E-state index in [9.17, 15) is 4.79 Å². The summed E-state index contributed by atoms with van der Waals surface area (Å²) in [6.45, 7) is 6.48. The molecule has 0 radical (unpaired) electrons. The zero-order valence-electron chi connectivity index (χ0n) is 14.3. The fourth-order valence-electron chi connectivity index (χ4n) is 3.02. The molecule has 1 saturated carbocycles. The number of hydrogen-bond donors (Lipinski definition) is 1. The van der Waals surface area contributed by atoms with Crippen molar-refractivity contribution in [3.63, 3.8) is 0 Å². The highest BCUT2D eigenvalue weighted by molar-refractivity contribution is 5.69. The molecule has 0 aromatic carbocycles. The zero-order chi connectivity index (χ0) is 16.4. The van der Waals surface area contributed by atoms with Crippen molar-refractivity contribution in [3.8, 4) is 0 Å². The summed E-state index contributed by atoms with van der Waals surface area (Å²) in [7, 11) is 0. The van der Waals surface area contributed by atoms with Gasteiger partial charge in [-0.15, -0.1) is 0 Å². The Labute approximate surface area is 138 Å². The summed E-state index contributed by atoms with van der Waals surface area (Å²) in [5.41, 5.74) is 0.647. The number of amides is 1. The fraction of sp³-hybridized carbons (Fsp3) is 0.667. The van der Waals surface area contributed by atoms with Crippen molar-refractivity contribution in [2.75, 3.05) is 11.9 Å². The van der Waals surface area contributed by atoms with Gasteiger partial charge in [0.2, 0.25) is 0 Å². The molecule has 1 saturated heterocycles. The minimum absolute atomic E-state index is 0.0496. The molecule has 0 unspecified atom stereocenters. The van der Waals surface area contributed by atoms with Crippen LogP contribution in [0.25, 0.3) is 0 Å². The average molecular weight is 317 g/mol. The van der Waals surface area contributed by atoms with Crippen LogP contribution in [0.4, 0.5) is 10.6 Å². The van der Waals surface area contributed by atoms with E-state index >= 15 is 0 Å². The molecule has 1 atom stereocenters. The molecule has 1 aliphatic heterocycles. The molecule has 5 heteroatoms. The third kappa shape index (κ3) is 4.15. The Kier molecular flexibility index (Phi) is 4.46. The van der Waals surface area contributed by atoms with Crippen LogP contribution in [-0.4, -0.2) is 34.2 Å². The molecular formula is C18H27N3O2. The number of carbonyl (C=O) groups excluding carboxylic acids is 1. The molecule has 3 rings (SSSR count). The maximum absolute atomic E-state index is 12.6. The monoisotopic (exact) mass is 317 g/mol. The van der Waals surface area contributed by atoms with Gasteiger partial charge in [-0.05, 0) is 58.9 Å². The van der Waals surface area contributed by atoms with Crippen LogP contribution in [0.3, 0.4) is 0 Å². The van der Waals surface area contributed by atoms with E-state index in [1.54, 1.807) is 0 Å². The molecule has 1 amide bonds. The van der Waals surface area contributed by atoms with Gasteiger partial charge in [0.05, 0.1) is 6.04 Å². The number of hydrogen-bond acceptors (Lipinski definition) is 4. The van der Waals surface area contributed by atoms with E-state index < -0.39 is 5.60 Å². The van der Waals surface area contributed by atoms with Crippen molar-refractivity contribution in [1.82, 2.24) is 9.88 Å². The number of pyridine rings is 1. The summed E-state index contributed by atoms with van der Waals surface area (Å²) in [4.78, 5) is 19.0. The first-order valence-electron chi connectivity index (χ1n) is 8.65. The average Bonchev–Trinajstić information content (AvgIpc) is 3.30. The number of ether oxygens (including phenoxy) is 1. The molecule has 2 fully saturated rings. The number of likely N-dealkylation sites (tertiary alicyclic amines) is 1. The van der Waals surface area contributed by atoms with Crippen LogP contribution in [-0.2, 0) is 4.74 Å². The molecule has 2 heterocycles. The molecule has 0 bridgehead atoms. The van der Waals surface area contributed by atoms with E-state index in [1.165, 1.54) is 12.8 Å². The predicted octanol–water partition coefficient (Wildman–Crippen LogP) is 4.12.